The minimum absolute atomic E-state index is 0.0582. The standard InChI is InChI=1S/C19H27N3O3/c1-12(2)18-17(14(4)21-25-18)19(23)20-11-15(22-9-5-6-10-22)16-8-7-13(3)24-16/h7-8,12,15H,5-6,9-11H2,1-4H3,(H,20,23)/t15-/m0/s1. The van der Waals surface area contributed by atoms with Crippen LogP contribution >= 0.6 is 0 Å². The topological polar surface area (TPSA) is 71.5 Å². The van der Waals surface area contributed by atoms with E-state index in [-0.39, 0.29) is 17.9 Å². The molecule has 3 rings (SSSR count). The van der Waals surface area contributed by atoms with Gasteiger partial charge in [0.15, 0.2) is 5.76 Å². The molecule has 1 atom stereocenters. The van der Waals surface area contributed by atoms with E-state index in [4.69, 9.17) is 8.94 Å². The fourth-order valence-electron chi connectivity index (χ4n) is 3.43. The largest absolute Gasteiger partial charge is 0.465 e. The number of nitrogens with zero attached hydrogens (tertiary/aromatic N) is 2. The number of hydrogen-bond acceptors (Lipinski definition) is 5. The predicted molar refractivity (Wildman–Crippen MR) is 94.7 cm³/mol. The van der Waals surface area contributed by atoms with Gasteiger partial charge in [0.1, 0.15) is 17.1 Å². The van der Waals surface area contributed by atoms with Crippen molar-refractivity contribution in [2.24, 2.45) is 0 Å². The monoisotopic (exact) mass is 345 g/mol. The lowest BCUT2D eigenvalue weighted by atomic mass is 10.0. The summed E-state index contributed by atoms with van der Waals surface area (Å²) in [4.78, 5) is 15.1. The molecule has 6 nitrogen and oxygen atoms in total. The smallest absolute Gasteiger partial charge is 0.256 e. The number of carbonyl (C=O) groups excluding carboxylic acids is 1. The van der Waals surface area contributed by atoms with Crippen LogP contribution in [0.2, 0.25) is 0 Å². The van der Waals surface area contributed by atoms with Gasteiger partial charge in [-0.05, 0) is 51.9 Å². The molecule has 1 aliphatic rings. The molecule has 1 N–H and O–H groups in total. The third-order valence-corrected chi connectivity index (χ3v) is 4.77. The zero-order valence-corrected chi connectivity index (χ0v) is 15.5. The van der Waals surface area contributed by atoms with E-state index in [0.29, 0.717) is 23.6 Å². The van der Waals surface area contributed by atoms with E-state index in [2.05, 4.69) is 15.4 Å². The SMILES string of the molecule is Cc1ccc([C@H](CNC(=O)c2c(C)noc2C(C)C)N2CCCC2)o1. The van der Waals surface area contributed by atoms with Crippen molar-refractivity contribution in [2.45, 2.75) is 52.5 Å². The van der Waals surface area contributed by atoms with Gasteiger partial charge in [-0.15, -0.1) is 0 Å². The number of nitrogens with one attached hydrogen (secondary N) is 1. The second-order valence-electron chi connectivity index (χ2n) is 7.08. The number of rotatable bonds is 6. The normalized spacial score (nSPS) is 16.5. The number of aryl methyl sites for hydroxylation is 2. The molecular formula is C19H27N3O3. The third-order valence-electron chi connectivity index (χ3n) is 4.77. The summed E-state index contributed by atoms with van der Waals surface area (Å²) in [6.45, 7) is 10.3. The van der Waals surface area contributed by atoms with Crippen LogP contribution in [0.15, 0.2) is 21.1 Å². The van der Waals surface area contributed by atoms with Crippen LogP contribution in [0.25, 0.3) is 0 Å². The fourth-order valence-corrected chi connectivity index (χ4v) is 3.43. The number of hydrogen-bond donors (Lipinski definition) is 1. The summed E-state index contributed by atoms with van der Waals surface area (Å²) in [5.41, 5.74) is 1.19. The van der Waals surface area contributed by atoms with Crippen LogP contribution in [0.3, 0.4) is 0 Å². The molecule has 2 aromatic heterocycles. The Hall–Kier alpha value is -2.08. The minimum Gasteiger partial charge on any atom is -0.465 e. The highest BCUT2D eigenvalue weighted by Gasteiger charge is 2.28. The maximum atomic E-state index is 12.7. The first kappa shape index (κ1) is 17.7. The number of likely N-dealkylation sites (tertiary alicyclic amines) is 1. The van der Waals surface area contributed by atoms with Crippen molar-refractivity contribution in [2.75, 3.05) is 19.6 Å². The van der Waals surface area contributed by atoms with Crippen molar-refractivity contribution >= 4 is 5.91 Å². The molecule has 3 heterocycles. The average molecular weight is 345 g/mol. The average Bonchev–Trinajstić information content (AvgIpc) is 3.29. The van der Waals surface area contributed by atoms with Crippen LogP contribution in [0.5, 0.6) is 0 Å². The third kappa shape index (κ3) is 3.79. The van der Waals surface area contributed by atoms with Crippen LogP contribution in [-0.4, -0.2) is 35.6 Å². The summed E-state index contributed by atoms with van der Waals surface area (Å²) in [6.07, 6.45) is 2.37. The Morgan fingerprint density at radius 2 is 2.00 bits per heavy atom. The van der Waals surface area contributed by atoms with Crippen LogP contribution in [-0.2, 0) is 0 Å². The molecule has 0 aliphatic carbocycles. The Morgan fingerprint density at radius 3 is 2.60 bits per heavy atom. The van der Waals surface area contributed by atoms with Crippen LogP contribution < -0.4 is 5.32 Å². The number of furan rings is 1. The Labute approximate surface area is 148 Å². The summed E-state index contributed by atoms with van der Waals surface area (Å²) in [7, 11) is 0. The summed E-state index contributed by atoms with van der Waals surface area (Å²) in [5, 5.41) is 7.03. The van der Waals surface area contributed by atoms with E-state index in [0.717, 1.165) is 24.6 Å². The van der Waals surface area contributed by atoms with Crippen LogP contribution in [0, 0.1) is 13.8 Å². The highest BCUT2D eigenvalue weighted by molar-refractivity contribution is 5.96. The van der Waals surface area contributed by atoms with Gasteiger partial charge in [-0.2, -0.15) is 0 Å². The number of amides is 1. The molecular weight excluding hydrogens is 318 g/mol. The second-order valence-corrected chi connectivity index (χ2v) is 7.08. The molecule has 0 radical (unpaired) electrons. The van der Waals surface area contributed by atoms with Gasteiger partial charge < -0.3 is 14.3 Å². The first-order valence-corrected chi connectivity index (χ1v) is 9.02. The lowest BCUT2D eigenvalue weighted by Crippen LogP contribution is -2.37. The van der Waals surface area contributed by atoms with Gasteiger partial charge in [0.2, 0.25) is 0 Å². The molecule has 0 aromatic carbocycles. The van der Waals surface area contributed by atoms with Gasteiger partial charge in [-0.3, -0.25) is 9.69 Å². The number of carbonyl (C=O) groups is 1. The molecule has 25 heavy (non-hydrogen) atoms. The van der Waals surface area contributed by atoms with E-state index in [9.17, 15) is 4.79 Å². The Balaban J connectivity index is 1.75. The van der Waals surface area contributed by atoms with Gasteiger partial charge in [-0.1, -0.05) is 19.0 Å². The van der Waals surface area contributed by atoms with Crippen molar-refractivity contribution in [3.63, 3.8) is 0 Å². The molecule has 1 saturated heterocycles. The molecule has 1 fully saturated rings. The molecule has 0 saturated carbocycles. The first-order valence-electron chi connectivity index (χ1n) is 9.02. The van der Waals surface area contributed by atoms with Gasteiger partial charge in [0.25, 0.3) is 5.91 Å². The van der Waals surface area contributed by atoms with Crippen molar-refractivity contribution in [1.29, 1.82) is 0 Å². The van der Waals surface area contributed by atoms with Crippen molar-refractivity contribution in [3.8, 4) is 0 Å². The van der Waals surface area contributed by atoms with Crippen molar-refractivity contribution < 1.29 is 13.7 Å². The Kier molecular flexibility index (Phi) is 5.27. The van der Waals surface area contributed by atoms with Crippen LogP contribution in [0.1, 0.15) is 72.0 Å². The highest BCUT2D eigenvalue weighted by Crippen LogP contribution is 2.27. The quantitative estimate of drug-likeness (QED) is 0.866. The van der Waals surface area contributed by atoms with E-state index >= 15 is 0 Å². The fraction of sp³-hybridized carbons (Fsp3) is 0.579. The van der Waals surface area contributed by atoms with Crippen molar-refractivity contribution in [1.82, 2.24) is 15.4 Å². The van der Waals surface area contributed by atoms with E-state index in [1.54, 1.807) is 6.92 Å². The second kappa shape index (κ2) is 7.44. The zero-order chi connectivity index (χ0) is 18.0. The van der Waals surface area contributed by atoms with Gasteiger partial charge >= 0.3 is 0 Å². The summed E-state index contributed by atoms with van der Waals surface area (Å²) in [6, 6.07) is 4.04. The molecule has 0 spiro atoms. The molecule has 0 bridgehead atoms. The van der Waals surface area contributed by atoms with Gasteiger partial charge in [-0.25, -0.2) is 0 Å². The summed E-state index contributed by atoms with van der Waals surface area (Å²) in [5.74, 6) is 2.42. The molecule has 1 aliphatic heterocycles. The predicted octanol–water partition coefficient (Wildman–Crippen LogP) is 3.57. The molecule has 6 heteroatoms. The Morgan fingerprint density at radius 1 is 1.28 bits per heavy atom. The maximum absolute atomic E-state index is 12.7. The zero-order valence-electron chi connectivity index (χ0n) is 15.5. The van der Waals surface area contributed by atoms with Crippen LogP contribution in [0.4, 0.5) is 0 Å². The van der Waals surface area contributed by atoms with E-state index in [1.165, 1.54) is 12.8 Å². The molecule has 2 aromatic rings. The van der Waals surface area contributed by atoms with Crippen molar-refractivity contribution in [3.05, 3.63) is 40.7 Å². The minimum atomic E-state index is -0.130. The molecule has 0 unspecified atom stereocenters. The molecule has 1 amide bonds. The number of aromatic nitrogens is 1. The van der Waals surface area contributed by atoms with E-state index in [1.807, 2.05) is 32.9 Å². The van der Waals surface area contributed by atoms with E-state index < -0.39 is 0 Å². The lowest BCUT2D eigenvalue weighted by Gasteiger charge is -2.26. The molecule has 136 valence electrons. The highest BCUT2D eigenvalue weighted by atomic mass is 16.5. The maximum Gasteiger partial charge on any atom is 0.256 e. The Bertz CT molecular complexity index is 726. The lowest BCUT2D eigenvalue weighted by molar-refractivity contribution is 0.0930. The summed E-state index contributed by atoms with van der Waals surface area (Å²) < 4.78 is 11.2. The summed E-state index contributed by atoms with van der Waals surface area (Å²) >= 11 is 0. The van der Waals surface area contributed by atoms with Gasteiger partial charge in [0.05, 0.1) is 11.7 Å². The van der Waals surface area contributed by atoms with Gasteiger partial charge in [0, 0.05) is 12.5 Å². The first-order chi connectivity index (χ1) is 12.0.